The van der Waals surface area contributed by atoms with E-state index in [-0.39, 0.29) is 11.9 Å². The zero-order valence-corrected chi connectivity index (χ0v) is 15.6. The number of carbonyl (C=O) groups is 1. The van der Waals surface area contributed by atoms with E-state index < -0.39 is 0 Å². The van der Waals surface area contributed by atoms with Gasteiger partial charge in [0.1, 0.15) is 0 Å². The van der Waals surface area contributed by atoms with Gasteiger partial charge in [-0.25, -0.2) is 9.67 Å². The Labute approximate surface area is 159 Å². The standard InChI is InChI=1S/C21H25N5O/c1-15(22)6-5-10-26-20-17(13-23-26)12-18-19(24-20)14-25(21(18)27)11-9-16-7-3-2-4-8-16/h2-4,7-8,12-13,15H,5-6,9-11,14,22H2,1H3. The van der Waals surface area contributed by atoms with Gasteiger partial charge in [-0.2, -0.15) is 5.10 Å². The molecule has 0 saturated carbocycles. The Balaban J connectivity index is 1.49. The first-order chi connectivity index (χ1) is 13.1. The molecule has 1 atom stereocenters. The Hall–Kier alpha value is -2.73. The van der Waals surface area contributed by atoms with Crippen LogP contribution in [-0.2, 0) is 19.5 Å². The van der Waals surface area contributed by atoms with Crippen LogP contribution >= 0.6 is 0 Å². The van der Waals surface area contributed by atoms with E-state index in [0.717, 1.165) is 42.5 Å². The zero-order valence-electron chi connectivity index (χ0n) is 15.6. The Morgan fingerprint density at radius 1 is 1.22 bits per heavy atom. The monoisotopic (exact) mass is 363 g/mol. The third kappa shape index (κ3) is 3.71. The number of hydrogen-bond donors (Lipinski definition) is 1. The molecule has 0 spiro atoms. The zero-order chi connectivity index (χ0) is 18.8. The minimum absolute atomic E-state index is 0.0695. The number of pyridine rings is 1. The summed E-state index contributed by atoms with van der Waals surface area (Å²) in [6, 6.07) is 12.4. The summed E-state index contributed by atoms with van der Waals surface area (Å²) in [5, 5.41) is 5.37. The molecule has 1 aliphatic heterocycles. The van der Waals surface area contributed by atoms with Crippen LogP contribution in [0.15, 0.2) is 42.6 Å². The third-order valence-corrected chi connectivity index (χ3v) is 5.09. The van der Waals surface area contributed by atoms with Gasteiger partial charge >= 0.3 is 0 Å². The Kier molecular flexibility index (Phi) is 4.90. The number of aryl methyl sites for hydroxylation is 1. The maximum atomic E-state index is 12.8. The molecular formula is C21H25N5O. The van der Waals surface area contributed by atoms with Crippen LogP contribution in [0.4, 0.5) is 0 Å². The molecule has 3 heterocycles. The van der Waals surface area contributed by atoms with Gasteiger partial charge in [0.15, 0.2) is 5.65 Å². The average molecular weight is 363 g/mol. The molecule has 27 heavy (non-hydrogen) atoms. The molecule has 0 saturated heterocycles. The van der Waals surface area contributed by atoms with Crippen LogP contribution in [-0.4, -0.2) is 38.2 Å². The summed E-state index contributed by atoms with van der Waals surface area (Å²) in [6.07, 6.45) is 4.58. The Bertz CT molecular complexity index is 948. The van der Waals surface area contributed by atoms with E-state index in [2.05, 4.69) is 17.2 Å². The van der Waals surface area contributed by atoms with E-state index >= 15 is 0 Å². The van der Waals surface area contributed by atoms with Gasteiger partial charge in [0.2, 0.25) is 0 Å². The molecule has 1 unspecified atom stereocenters. The van der Waals surface area contributed by atoms with Gasteiger partial charge in [-0.3, -0.25) is 4.79 Å². The molecule has 0 fully saturated rings. The lowest BCUT2D eigenvalue weighted by atomic mass is 10.1. The molecule has 3 aromatic rings. The highest BCUT2D eigenvalue weighted by atomic mass is 16.2. The molecule has 6 nitrogen and oxygen atoms in total. The fourth-order valence-corrected chi connectivity index (χ4v) is 3.59. The Morgan fingerprint density at radius 2 is 2.04 bits per heavy atom. The first-order valence-corrected chi connectivity index (χ1v) is 9.56. The second-order valence-electron chi connectivity index (χ2n) is 7.34. The van der Waals surface area contributed by atoms with Crippen LogP contribution < -0.4 is 5.73 Å². The summed E-state index contributed by atoms with van der Waals surface area (Å²) in [4.78, 5) is 19.4. The maximum Gasteiger partial charge on any atom is 0.256 e. The van der Waals surface area contributed by atoms with Crippen LogP contribution in [0.25, 0.3) is 11.0 Å². The summed E-state index contributed by atoms with van der Waals surface area (Å²) in [5.74, 6) is 0.0695. The van der Waals surface area contributed by atoms with Crippen molar-refractivity contribution in [1.82, 2.24) is 19.7 Å². The van der Waals surface area contributed by atoms with Gasteiger partial charge in [0, 0.05) is 24.5 Å². The predicted octanol–water partition coefficient (Wildman–Crippen LogP) is 2.76. The van der Waals surface area contributed by atoms with Crippen molar-refractivity contribution in [2.45, 2.75) is 45.3 Å². The van der Waals surface area contributed by atoms with Crippen molar-refractivity contribution in [3.8, 4) is 0 Å². The van der Waals surface area contributed by atoms with Crippen molar-refractivity contribution < 1.29 is 4.79 Å². The quantitative estimate of drug-likeness (QED) is 0.700. The van der Waals surface area contributed by atoms with Crippen LogP contribution in [0.2, 0.25) is 0 Å². The fourth-order valence-electron chi connectivity index (χ4n) is 3.59. The molecule has 0 radical (unpaired) electrons. The van der Waals surface area contributed by atoms with E-state index in [1.807, 2.05) is 40.8 Å². The SMILES string of the molecule is CC(N)CCCn1ncc2cc3c(nc21)CN(CCc1ccccc1)C3=O. The molecule has 0 aliphatic carbocycles. The van der Waals surface area contributed by atoms with E-state index in [0.29, 0.717) is 18.7 Å². The summed E-state index contributed by atoms with van der Waals surface area (Å²) in [7, 11) is 0. The van der Waals surface area contributed by atoms with E-state index in [1.165, 1.54) is 5.56 Å². The number of hydrogen-bond acceptors (Lipinski definition) is 4. The van der Waals surface area contributed by atoms with Crippen molar-refractivity contribution in [1.29, 1.82) is 0 Å². The van der Waals surface area contributed by atoms with Crippen molar-refractivity contribution in [3.05, 3.63) is 59.4 Å². The molecule has 1 aliphatic rings. The molecule has 0 bridgehead atoms. The topological polar surface area (TPSA) is 77.0 Å². The molecule has 6 heteroatoms. The van der Waals surface area contributed by atoms with Gasteiger partial charge in [-0.05, 0) is 37.8 Å². The summed E-state index contributed by atoms with van der Waals surface area (Å²) in [6.45, 7) is 4.09. The molecule has 2 N–H and O–H groups in total. The summed E-state index contributed by atoms with van der Waals surface area (Å²) < 4.78 is 1.93. The van der Waals surface area contributed by atoms with Gasteiger partial charge in [0.05, 0.1) is 24.0 Å². The van der Waals surface area contributed by atoms with Crippen molar-refractivity contribution in [2.75, 3.05) is 6.54 Å². The van der Waals surface area contributed by atoms with Gasteiger partial charge in [-0.1, -0.05) is 30.3 Å². The number of benzene rings is 1. The number of carbonyl (C=O) groups excluding carboxylic acids is 1. The predicted molar refractivity (Wildman–Crippen MR) is 105 cm³/mol. The van der Waals surface area contributed by atoms with E-state index in [4.69, 9.17) is 10.7 Å². The van der Waals surface area contributed by atoms with Crippen LogP contribution in [0.1, 0.15) is 41.4 Å². The second-order valence-corrected chi connectivity index (χ2v) is 7.34. The Morgan fingerprint density at radius 3 is 2.81 bits per heavy atom. The number of amides is 1. The van der Waals surface area contributed by atoms with Crippen LogP contribution in [0.5, 0.6) is 0 Å². The molecular weight excluding hydrogens is 338 g/mol. The summed E-state index contributed by atoms with van der Waals surface area (Å²) >= 11 is 0. The average Bonchev–Trinajstić information content (AvgIpc) is 3.20. The van der Waals surface area contributed by atoms with Gasteiger partial charge < -0.3 is 10.6 Å². The number of nitrogens with two attached hydrogens (primary N) is 1. The largest absolute Gasteiger partial charge is 0.332 e. The number of rotatable bonds is 7. The van der Waals surface area contributed by atoms with E-state index in [9.17, 15) is 4.79 Å². The minimum Gasteiger partial charge on any atom is -0.332 e. The van der Waals surface area contributed by atoms with Gasteiger partial charge in [-0.15, -0.1) is 0 Å². The smallest absolute Gasteiger partial charge is 0.256 e. The molecule has 4 rings (SSSR count). The van der Waals surface area contributed by atoms with Crippen LogP contribution in [0, 0.1) is 0 Å². The van der Waals surface area contributed by atoms with Crippen molar-refractivity contribution in [2.24, 2.45) is 5.73 Å². The minimum atomic E-state index is 0.0695. The lowest BCUT2D eigenvalue weighted by molar-refractivity contribution is 0.0780. The molecule has 140 valence electrons. The third-order valence-electron chi connectivity index (χ3n) is 5.09. The molecule has 1 amide bonds. The van der Waals surface area contributed by atoms with Crippen molar-refractivity contribution >= 4 is 16.9 Å². The van der Waals surface area contributed by atoms with Crippen molar-refractivity contribution in [3.63, 3.8) is 0 Å². The van der Waals surface area contributed by atoms with Gasteiger partial charge in [0.25, 0.3) is 5.91 Å². The first-order valence-electron chi connectivity index (χ1n) is 9.56. The highest BCUT2D eigenvalue weighted by Crippen LogP contribution is 2.25. The fraction of sp³-hybridized carbons (Fsp3) is 0.381. The summed E-state index contributed by atoms with van der Waals surface area (Å²) in [5.41, 5.74) is 9.50. The lowest BCUT2D eigenvalue weighted by Crippen LogP contribution is -2.26. The number of nitrogens with zero attached hydrogens (tertiary/aromatic N) is 4. The number of fused-ring (bicyclic) bond motifs is 2. The highest BCUT2D eigenvalue weighted by molar-refractivity contribution is 6.00. The maximum absolute atomic E-state index is 12.8. The highest BCUT2D eigenvalue weighted by Gasteiger charge is 2.29. The van der Waals surface area contributed by atoms with E-state index in [1.54, 1.807) is 6.20 Å². The number of aromatic nitrogens is 3. The normalized spacial score (nSPS) is 14.7. The second kappa shape index (κ2) is 7.48. The first kappa shape index (κ1) is 17.7. The lowest BCUT2D eigenvalue weighted by Gasteiger charge is -2.14. The molecule has 2 aromatic heterocycles. The van der Waals surface area contributed by atoms with Crippen LogP contribution in [0.3, 0.4) is 0 Å². The molecule has 1 aromatic carbocycles.